The number of nitrogens with one attached hydrogen (secondary N) is 1. The van der Waals surface area contributed by atoms with Crippen molar-refractivity contribution in [1.29, 1.82) is 0 Å². The number of aromatic nitrogens is 3. The molecule has 5 nitrogen and oxygen atoms in total. The van der Waals surface area contributed by atoms with Gasteiger partial charge in [-0.25, -0.2) is 13.4 Å². The van der Waals surface area contributed by atoms with Crippen molar-refractivity contribution in [2.45, 2.75) is 25.2 Å². The molecule has 0 unspecified atom stereocenters. The largest absolute Gasteiger partial charge is 0.338 e. The highest BCUT2D eigenvalue weighted by molar-refractivity contribution is 7.91. The normalized spacial score (nSPS) is 12.1. The van der Waals surface area contributed by atoms with Gasteiger partial charge in [0.15, 0.2) is 9.84 Å². The van der Waals surface area contributed by atoms with E-state index in [1.807, 2.05) is 25.4 Å². The van der Waals surface area contributed by atoms with Crippen molar-refractivity contribution in [2.75, 3.05) is 11.5 Å². The molecular weight excluding hydrogens is 390 g/mol. The van der Waals surface area contributed by atoms with Crippen LogP contribution in [0.5, 0.6) is 0 Å². The van der Waals surface area contributed by atoms with Crippen LogP contribution in [0.15, 0.2) is 47.6 Å². The first kappa shape index (κ1) is 19.0. The van der Waals surface area contributed by atoms with Gasteiger partial charge in [-0.05, 0) is 42.0 Å². The van der Waals surface area contributed by atoms with E-state index >= 15 is 0 Å². The molecule has 4 aromatic rings. The summed E-state index contributed by atoms with van der Waals surface area (Å²) >= 11 is 4.35. The summed E-state index contributed by atoms with van der Waals surface area (Å²) in [5.41, 5.74) is 5.45. The lowest BCUT2D eigenvalue weighted by Gasteiger charge is -2.09. The maximum atomic E-state index is 12.4. The zero-order valence-electron chi connectivity index (χ0n) is 15.7. The molecule has 3 aromatic heterocycles. The van der Waals surface area contributed by atoms with Crippen molar-refractivity contribution >= 4 is 44.4 Å². The van der Waals surface area contributed by atoms with Gasteiger partial charge in [0.2, 0.25) is 0 Å². The molecule has 0 amide bonds. The van der Waals surface area contributed by atoms with Crippen LogP contribution >= 0.6 is 12.6 Å². The number of pyridine rings is 2. The number of H-pyrrole nitrogens is 1. The molecule has 0 radical (unpaired) electrons. The number of fused-ring (bicyclic) bond motifs is 3. The van der Waals surface area contributed by atoms with Gasteiger partial charge in [0, 0.05) is 35.2 Å². The highest BCUT2D eigenvalue weighted by atomic mass is 32.2. The topological polar surface area (TPSA) is 75.7 Å². The van der Waals surface area contributed by atoms with Gasteiger partial charge in [0.05, 0.1) is 21.9 Å². The van der Waals surface area contributed by atoms with Crippen molar-refractivity contribution in [3.05, 3.63) is 54.0 Å². The molecule has 4 rings (SSSR count). The number of hydrogen-bond donors (Lipinski definition) is 2. The highest BCUT2D eigenvalue weighted by Crippen LogP contribution is 2.36. The number of benzene rings is 1. The third-order valence-corrected chi connectivity index (χ3v) is 6.88. The molecule has 1 aromatic carbocycles. The van der Waals surface area contributed by atoms with E-state index in [0.29, 0.717) is 10.6 Å². The quantitative estimate of drug-likeness (QED) is 0.479. The molecule has 0 atom stereocenters. The molecular formula is C21H21N3O2S2. The van der Waals surface area contributed by atoms with Crippen molar-refractivity contribution in [3.63, 3.8) is 0 Å². The Morgan fingerprint density at radius 3 is 2.71 bits per heavy atom. The molecule has 28 heavy (non-hydrogen) atoms. The van der Waals surface area contributed by atoms with E-state index in [-0.39, 0.29) is 5.75 Å². The van der Waals surface area contributed by atoms with Crippen molar-refractivity contribution in [3.8, 4) is 11.1 Å². The van der Waals surface area contributed by atoms with E-state index in [9.17, 15) is 8.42 Å². The van der Waals surface area contributed by atoms with Crippen molar-refractivity contribution in [1.82, 2.24) is 15.0 Å². The number of rotatable bonds is 5. The number of nitrogens with zero attached hydrogens (tertiary/aromatic N) is 2. The van der Waals surface area contributed by atoms with Gasteiger partial charge in [-0.1, -0.05) is 19.1 Å². The molecule has 0 spiro atoms. The predicted octanol–water partition coefficient (Wildman–Crippen LogP) is 4.35. The first-order valence-electron chi connectivity index (χ1n) is 9.14. The third kappa shape index (κ3) is 3.18. The average Bonchev–Trinajstić information content (AvgIpc) is 3.08. The highest BCUT2D eigenvalue weighted by Gasteiger charge is 2.18. The van der Waals surface area contributed by atoms with Gasteiger partial charge in [-0.3, -0.25) is 4.98 Å². The van der Waals surface area contributed by atoms with Crippen LogP contribution in [0.3, 0.4) is 0 Å². The fourth-order valence-corrected chi connectivity index (χ4v) is 4.62. The fraction of sp³-hybridized carbons (Fsp3) is 0.238. The standard InChI is InChI=1S/C21H21N3O2S2/c1-3-28(25,26)15-6-4-5-14(10-15)17-12-22-18(7-8-27)20-19(17)16-9-13(2)11-23-21(16)24-20/h4-6,9-12,27H,3,7-8H2,1-2H3,(H,23,24). The molecule has 0 saturated carbocycles. The smallest absolute Gasteiger partial charge is 0.178 e. The lowest BCUT2D eigenvalue weighted by atomic mass is 10.0. The van der Waals surface area contributed by atoms with Gasteiger partial charge in [0.1, 0.15) is 5.65 Å². The summed E-state index contributed by atoms with van der Waals surface area (Å²) in [6.45, 7) is 3.66. The van der Waals surface area contributed by atoms with Gasteiger partial charge in [-0.2, -0.15) is 12.6 Å². The number of hydrogen-bond acceptors (Lipinski definition) is 5. The molecule has 0 aliphatic carbocycles. The number of aryl methyl sites for hydroxylation is 2. The summed E-state index contributed by atoms with van der Waals surface area (Å²) in [4.78, 5) is 12.9. The van der Waals surface area contributed by atoms with E-state index in [2.05, 4.69) is 33.6 Å². The Kier molecular flexibility index (Phi) is 4.89. The molecule has 7 heteroatoms. The van der Waals surface area contributed by atoms with E-state index in [1.165, 1.54) is 0 Å². The lowest BCUT2D eigenvalue weighted by molar-refractivity contribution is 0.597. The van der Waals surface area contributed by atoms with Gasteiger partial charge < -0.3 is 4.98 Å². The molecule has 0 saturated heterocycles. The molecule has 0 bridgehead atoms. The zero-order valence-corrected chi connectivity index (χ0v) is 17.4. The Morgan fingerprint density at radius 2 is 1.96 bits per heavy atom. The van der Waals surface area contributed by atoms with Crippen LogP contribution in [0.2, 0.25) is 0 Å². The van der Waals surface area contributed by atoms with E-state index in [0.717, 1.165) is 50.7 Å². The Bertz CT molecular complexity index is 1290. The van der Waals surface area contributed by atoms with Crippen molar-refractivity contribution in [2.24, 2.45) is 0 Å². The first-order valence-corrected chi connectivity index (χ1v) is 11.4. The monoisotopic (exact) mass is 411 g/mol. The Labute approximate surface area is 169 Å². The summed E-state index contributed by atoms with van der Waals surface area (Å²) in [6, 6.07) is 9.18. The minimum atomic E-state index is -3.29. The Balaban J connectivity index is 2.05. The van der Waals surface area contributed by atoms with Crippen LogP contribution in [0, 0.1) is 6.92 Å². The maximum absolute atomic E-state index is 12.4. The maximum Gasteiger partial charge on any atom is 0.178 e. The molecule has 0 aliphatic heterocycles. The summed E-state index contributed by atoms with van der Waals surface area (Å²) in [7, 11) is -3.29. The summed E-state index contributed by atoms with van der Waals surface area (Å²) < 4.78 is 24.7. The van der Waals surface area contributed by atoms with Gasteiger partial charge >= 0.3 is 0 Å². The second-order valence-corrected chi connectivity index (χ2v) is 9.53. The number of sulfone groups is 1. The van der Waals surface area contributed by atoms with E-state index in [1.54, 1.807) is 25.1 Å². The molecule has 0 aliphatic rings. The second kappa shape index (κ2) is 7.22. The minimum Gasteiger partial charge on any atom is -0.338 e. The Morgan fingerprint density at radius 1 is 1.14 bits per heavy atom. The summed E-state index contributed by atoms with van der Waals surface area (Å²) in [6.07, 6.45) is 4.39. The lowest BCUT2D eigenvalue weighted by Crippen LogP contribution is -2.03. The summed E-state index contributed by atoms with van der Waals surface area (Å²) in [5, 5.41) is 2.03. The second-order valence-electron chi connectivity index (χ2n) is 6.81. The van der Waals surface area contributed by atoms with Crippen LogP contribution in [-0.2, 0) is 16.3 Å². The van der Waals surface area contributed by atoms with Crippen LogP contribution in [0.1, 0.15) is 18.2 Å². The van der Waals surface area contributed by atoms with E-state index < -0.39 is 9.84 Å². The fourth-order valence-electron chi connectivity index (χ4n) is 3.48. The van der Waals surface area contributed by atoms with Gasteiger partial charge in [-0.15, -0.1) is 0 Å². The third-order valence-electron chi connectivity index (χ3n) is 4.93. The van der Waals surface area contributed by atoms with Crippen LogP contribution in [0.25, 0.3) is 33.1 Å². The summed E-state index contributed by atoms with van der Waals surface area (Å²) in [5.74, 6) is 0.759. The van der Waals surface area contributed by atoms with Crippen LogP contribution in [-0.4, -0.2) is 34.9 Å². The Hall–Kier alpha value is -2.38. The van der Waals surface area contributed by atoms with Gasteiger partial charge in [0.25, 0.3) is 0 Å². The van der Waals surface area contributed by atoms with Crippen molar-refractivity contribution < 1.29 is 8.42 Å². The van der Waals surface area contributed by atoms with Crippen LogP contribution < -0.4 is 0 Å². The molecule has 3 heterocycles. The zero-order chi connectivity index (χ0) is 19.9. The molecule has 1 N–H and O–H groups in total. The predicted molar refractivity (Wildman–Crippen MR) is 117 cm³/mol. The molecule has 0 fully saturated rings. The molecule has 144 valence electrons. The minimum absolute atomic E-state index is 0.0706. The SMILES string of the molecule is CCS(=O)(=O)c1cccc(-c2cnc(CCS)c3[nH]c4ncc(C)cc4c23)c1. The first-order chi connectivity index (χ1) is 13.4. The number of thiol groups is 1. The van der Waals surface area contributed by atoms with E-state index in [4.69, 9.17) is 0 Å². The number of aromatic amines is 1. The average molecular weight is 412 g/mol. The van der Waals surface area contributed by atoms with Crippen LogP contribution in [0.4, 0.5) is 0 Å².